The zero-order valence-electron chi connectivity index (χ0n) is 20.0. The van der Waals surface area contributed by atoms with Crippen LogP contribution in [0.15, 0.2) is 65.7 Å². The predicted octanol–water partition coefficient (Wildman–Crippen LogP) is 4.71. The molecule has 1 saturated heterocycles. The molecule has 182 valence electrons. The Balaban J connectivity index is 1.68. The smallest absolute Gasteiger partial charge is 0.268 e. The van der Waals surface area contributed by atoms with Crippen molar-refractivity contribution < 1.29 is 13.3 Å². The lowest BCUT2D eigenvalue weighted by Crippen LogP contribution is -2.49. The van der Waals surface area contributed by atoms with Crippen LogP contribution in [0.25, 0.3) is 10.9 Å². The highest BCUT2D eigenvalue weighted by Crippen LogP contribution is 2.64. The van der Waals surface area contributed by atoms with Gasteiger partial charge in [0.25, 0.3) is 10.0 Å². The maximum Gasteiger partial charge on any atom is 0.268 e. The summed E-state index contributed by atoms with van der Waals surface area (Å²) in [6.07, 6.45) is 2.06. The number of hydrogen-bond donors (Lipinski definition) is 0. The highest BCUT2D eigenvalue weighted by molar-refractivity contribution is 7.90. The summed E-state index contributed by atoms with van der Waals surface area (Å²) in [5, 5.41) is 12.6. The normalized spacial score (nSPS) is 27.7. The molecule has 1 spiro atoms. The molecule has 4 atom stereocenters. The Kier molecular flexibility index (Phi) is 4.75. The van der Waals surface area contributed by atoms with E-state index in [0.717, 1.165) is 34.4 Å². The van der Waals surface area contributed by atoms with Crippen LogP contribution in [0.3, 0.4) is 0 Å². The molecule has 1 saturated carbocycles. The number of aromatic nitrogens is 1. The molecular weight excluding hydrogens is 462 g/mol. The summed E-state index contributed by atoms with van der Waals surface area (Å²) in [5.41, 5.74) is 3.88. The van der Waals surface area contributed by atoms with Crippen LogP contribution in [0, 0.1) is 34.8 Å². The molecule has 2 fully saturated rings. The average molecular weight is 492 g/mol. The Morgan fingerprint density at radius 1 is 1.17 bits per heavy atom. The molecule has 0 bridgehead atoms. The summed E-state index contributed by atoms with van der Waals surface area (Å²) in [7, 11) is -3.91. The summed E-state index contributed by atoms with van der Waals surface area (Å²) < 4.78 is 30.2. The number of para-hydroxylation sites is 1. The van der Waals surface area contributed by atoms with E-state index < -0.39 is 15.6 Å². The maximum atomic E-state index is 14.3. The van der Waals surface area contributed by atoms with Crippen molar-refractivity contribution in [2.24, 2.45) is 17.8 Å². The van der Waals surface area contributed by atoms with Crippen molar-refractivity contribution >= 4 is 20.9 Å². The lowest BCUT2D eigenvalue weighted by molar-refractivity contribution is -0.491. The van der Waals surface area contributed by atoms with Gasteiger partial charge in [-0.1, -0.05) is 49.4 Å². The van der Waals surface area contributed by atoms with Crippen molar-refractivity contribution in [1.29, 1.82) is 0 Å². The number of benzene rings is 2. The Labute approximate surface area is 205 Å². The molecule has 8 heteroatoms. The lowest BCUT2D eigenvalue weighted by atomic mass is 9.77. The van der Waals surface area contributed by atoms with Gasteiger partial charge in [0.1, 0.15) is 0 Å². The fourth-order valence-corrected chi connectivity index (χ4v) is 8.93. The van der Waals surface area contributed by atoms with Crippen LogP contribution in [0.4, 0.5) is 0 Å². The molecule has 2 aliphatic heterocycles. The van der Waals surface area contributed by atoms with Gasteiger partial charge >= 0.3 is 0 Å². The monoisotopic (exact) mass is 491 g/mol. The molecule has 3 heterocycles. The highest BCUT2D eigenvalue weighted by Gasteiger charge is 2.64. The van der Waals surface area contributed by atoms with Crippen LogP contribution >= 0.6 is 0 Å². The van der Waals surface area contributed by atoms with Crippen molar-refractivity contribution in [1.82, 2.24) is 8.87 Å². The third kappa shape index (κ3) is 2.92. The first-order valence-electron chi connectivity index (χ1n) is 12.2. The second kappa shape index (κ2) is 7.43. The zero-order chi connectivity index (χ0) is 24.7. The van der Waals surface area contributed by atoms with Crippen LogP contribution in [0.2, 0.25) is 0 Å². The largest absolute Gasteiger partial charge is 0.363 e. The van der Waals surface area contributed by atoms with Crippen LogP contribution < -0.4 is 0 Å². The maximum absolute atomic E-state index is 14.3. The first-order valence-corrected chi connectivity index (χ1v) is 13.6. The standard InChI is InChI=1S/C27H29N3O4S/c1-17-8-10-20(11-9-17)35(33,34)30-25-7-5-4-6-21(25)22-12-13-28-19(3)14-24-23(16-29(31)32)18(2)15-27(24,28)26(22)30/h4-11,18,23-24H,3,12-16H2,1-2H3/t18-,23+,24-,27+/m0/s1. The summed E-state index contributed by atoms with van der Waals surface area (Å²) in [4.78, 5) is 13.9. The van der Waals surface area contributed by atoms with Gasteiger partial charge in [0.05, 0.1) is 21.6 Å². The Morgan fingerprint density at radius 3 is 2.60 bits per heavy atom. The molecule has 1 aliphatic carbocycles. The van der Waals surface area contributed by atoms with Crippen molar-refractivity contribution in [2.45, 2.75) is 43.5 Å². The summed E-state index contributed by atoms with van der Waals surface area (Å²) in [6.45, 7) is 9.00. The number of allylic oxidation sites excluding steroid dienone is 1. The SMILES string of the molecule is C=C1C[C@H]2[C@H](C[N+](=O)[O-])[C@@H](C)C[C@]23c2c(c4ccccc4n2S(=O)(=O)c2ccc(C)cc2)CCN13. The number of hydrogen-bond acceptors (Lipinski definition) is 5. The predicted molar refractivity (Wildman–Crippen MR) is 134 cm³/mol. The van der Waals surface area contributed by atoms with E-state index >= 15 is 0 Å². The molecule has 1 aromatic heterocycles. The van der Waals surface area contributed by atoms with Crippen LogP contribution in [-0.4, -0.2) is 35.3 Å². The van der Waals surface area contributed by atoms with E-state index in [4.69, 9.17) is 0 Å². The third-order valence-corrected chi connectivity index (χ3v) is 10.4. The molecule has 0 unspecified atom stereocenters. The number of aryl methyl sites for hydroxylation is 1. The van der Waals surface area contributed by atoms with Gasteiger partial charge in [0.2, 0.25) is 6.54 Å². The molecule has 2 aromatic carbocycles. The van der Waals surface area contributed by atoms with Crippen molar-refractivity contribution in [3.63, 3.8) is 0 Å². The van der Waals surface area contributed by atoms with E-state index in [1.807, 2.05) is 43.3 Å². The van der Waals surface area contributed by atoms with Gasteiger partial charge in [-0.3, -0.25) is 10.1 Å². The average Bonchev–Trinajstić information content (AvgIpc) is 3.39. The number of nitrogens with zero attached hydrogens (tertiary/aromatic N) is 3. The highest BCUT2D eigenvalue weighted by atomic mass is 32.2. The van der Waals surface area contributed by atoms with E-state index in [1.54, 1.807) is 16.1 Å². The van der Waals surface area contributed by atoms with E-state index in [1.165, 1.54) is 0 Å². The van der Waals surface area contributed by atoms with Gasteiger partial charge in [0.15, 0.2) is 0 Å². The van der Waals surface area contributed by atoms with Gasteiger partial charge in [0, 0.05) is 34.4 Å². The summed E-state index contributed by atoms with van der Waals surface area (Å²) >= 11 is 0. The van der Waals surface area contributed by atoms with Crippen LogP contribution in [0.5, 0.6) is 0 Å². The number of fused-ring (bicyclic) bond motifs is 3. The molecule has 7 nitrogen and oxygen atoms in total. The van der Waals surface area contributed by atoms with Gasteiger partial charge < -0.3 is 4.90 Å². The minimum Gasteiger partial charge on any atom is -0.363 e. The topological polar surface area (TPSA) is 85.5 Å². The Bertz CT molecular complexity index is 1490. The zero-order valence-corrected chi connectivity index (χ0v) is 20.8. The van der Waals surface area contributed by atoms with Gasteiger partial charge in [-0.2, -0.15) is 0 Å². The molecule has 3 aliphatic rings. The minimum atomic E-state index is -3.91. The first-order chi connectivity index (χ1) is 16.7. The first kappa shape index (κ1) is 22.3. The van der Waals surface area contributed by atoms with Crippen molar-refractivity contribution in [2.75, 3.05) is 13.1 Å². The van der Waals surface area contributed by atoms with Crippen LogP contribution in [0.1, 0.15) is 36.6 Å². The second-order valence-corrected chi connectivity index (χ2v) is 12.3. The fourth-order valence-electron chi connectivity index (χ4n) is 7.31. The third-order valence-electron chi connectivity index (χ3n) is 8.66. The Morgan fingerprint density at radius 2 is 1.89 bits per heavy atom. The van der Waals surface area contributed by atoms with E-state index in [2.05, 4.69) is 18.4 Å². The van der Waals surface area contributed by atoms with Crippen molar-refractivity contribution in [3.05, 3.63) is 87.7 Å². The molecule has 3 aromatic rings. The van der Waals surface area contributed by atoms with E-state index in [9.17, 15) is 18.5 Å². The molecule has 35 heavy (non-hydrogen) atoms. The number of nitro groups is 1. The molecule has 0 amide bonds. The quantitative estimate of drug-likeness (QED) is 0.390. The van der Waals surface area contributed by atoms with Crippen LogP contribution in [-0.2, 0) is 22.0 Å². The van der Waals surface area contributed by atoms with E-state index in [0.29, 0.717) is 24.8 Å². The minimum absolute atomic E-state index is 0.0502. The summed E-state index contributed by atoms with van der Waals surface area (Å²) in [5.74, 6) is -0.0857. The lowest BCUT2D eigenvalue weighted by Gasteiger charge is -2.45. The summed E-state index contributed by atoms with van der Waals surface area (Å²) in [6, 6.07) is 14.7. The van der Waals surface area contributed by atoms with Crippen molar-refractivity contribution in [3.8, 4) is 0 Å². The molecule has 0 N–H and O–H groups in total. The fraction of sp³-hybridized carbons (Fsp3) is 0.407. The van der Waals surface area contributed by atoms with E-state index in [-0.39, 0.29) is 34.1 Å². The van der Waals surface area contributed by atoms with Gasteiger partial charge in [-0.15, -0.1) is 0 Å². The van der Waals surface area contributed by atoms with Gasteiger partial charge in [-0.25, -0.2) is 12.4 Å². The number of rotatable bonds is 4. The van der Waals surface area contributed by atoms with Gasteiger partial charge in [-0.05, 0) is 55.9 Å². The molecule has 0 radical (unpaired) electrons. The molecular formula is C27H29N3O4S. The Hall–Kier alpha value is -3.13. The second-order valence-electron chi connectivity index (χ2n) is 10.5. The molecule has 6 rings (SSSR count).